The van der Waals surface area contributed by atoms with Crippen molar-refractivity contribution in [3.8, 4) is 0 Å². The molecule has 3 rings (SSSR count). The summed E-state index contributed by atoms with van der Waals surface area (Å²) in [4.78, 5) is 18.9. The minimum Gasteiger partial charge on any atom is -0.388 e. The summed E-state index contributed by atoms with van der Waals surface area (Å²) in [5.74, 6) is -0.457. The lowest BCUT2D eigenvalue weighted by atomic mass is 9.96. The fraction of sp³-hybridized carbons (Fsp3) is 0.625. The predicted molar refractivity (Wildman–Crippen MR) is 89.7 cm³/mol. The number of nitrogens with one attached hydrogen (secondary N) is 2. The van der Waals surface area contributed by atoms with E-state index in [1.165, 1.54) is 0 Å². The molecule has 8 nitrogen and oxygen atoms in total. The van der Waals surface area contributed by atoms with E-state index in [2.05, 4.69) is 36.4 Å². The molecule has 0 spiro atoms. The van der Waals surface area contributed by atoms with Crippen molar-refractivity contribution in [2.45, 2.75) is 50.7 Å². The van der Waals surface area contributed by atoms with Crippen LogP contribution in [0.3, 0.4) is 0 Å². The van der Waals surface area contributed by atoms with Crippen LogP contribution in [0.15, 0.2) is 28.9 Å². The van der Waals surface area contributed by atoms with Crippen LogP contribution < -0.4 is 16.4 Å². The first-order valence-corrected chi connectivity index (χ1v) is 8.09. The molecule has 3 aliphatic rings. The number of aliphatic hydroxyl groups excluding tert-OH is 2. The standard InChI is InChI=1S/C16H25N5O3/c1-16(2,3)21-7-8(6-18-9-4-5-10(22)12(9)23)11-13(21)19-15(17)20-14(11)24/h4-5,7,9-13,18,22-23H,6H2,1-3H3,(H3,17,19,20,24). The van der Waals surface area contributed by atoms with E-state index in [4.69, 9.17) is 5.73 Å². The van der Waals surface area contributed by atoms with E-state index in [1.54, 1.807) is 12.2 Å². The summed E-state index contributed by atoms with van der Waals surface area (Å²) < 4.78 is 0. The third-order valence-electron chi connectivity index (χ3n) is 4.64. The molecule has 0 aromatic carbocycles. The molecule has 0 aromatic heterocycles. The molecule has 2 heterocycles. The van der Waals surface area contributed by atoms with Crippen LogP contribution in [0.1, 0.15) is 20.8 Å². The molecule has 2 aliphatic heterocycles. The third kappa shape index (κ3) is 2.92. The number of fused-ring (bicyclic) bond motifs is 1. The van der Waals surface area contributed by atoms with E-state index in [0.717, 1.165) is 5.57 Å². The van der Waals surface area contributed by atoms with Crippen LogP contribution in [-0.2, 0) is 4.79 Å². The van der Waals surface area contributed by atoms with Crippen molar-refractivity contribution in [2.75, 3.05) is 6.54 Å². The topological polar surface area (TPSA) is 123 Å². The Morgan fingerprint density at radius 2 is 2.08 bits per heavy atom. The van der Waals surface area contributed by atoms with Crippen LogP contribution in [0.25, 0.3) is 0 Å². The first kappa shape index (κ1) is 16.9. The third-order valence-corrected chi connectivity index (χ3v) is 4.64. The number of aliphatic hydroxyl groups is 2. The van der Waals surface area contributed by atoms with Gasteiger partial charge in [-0.15, -0.1) is 0 Å². The predicted octanol–water partition coefficient (Wildman–Crippen LogP) is -1.38. The number of amides is 1. The van der Waals surface area contributed by atoms with Crippen molar-refractivity contribution in [1.29, 1.82) is 0 Å². The van der Waals surface area contributed by atoms with Crippen molar-refractivity contribution in [3.05, 3.63) is 23.9 Å². The number of nitrogens with two attached hydrogens (primary N) is 1. The quantitative estimate of drug-likeness (QED) is 0.405. The Balaban J connectivity index is 1.79. The maximum Gasteiger partial charge on any atom is 0.238 e. The fourth-order valence-electron chi connectivity index (χ4n) is 3.35. The van der Waals surface area contributed by atoms with E-state index >= 15 is 0 Å². The highest BCUT2D eigenvalue weighted by Crippen LogP contribution is 2.36. The van der Waals surface area contributed by atoms with Crippen molar-refractivity contribution in [3.63, 3.8) is 0 Å². The van der Waals surface area contributed by atoms with Crippen molar-refractivity contribution in [2.24, 2.45) is 16.6 Å². The summed E-state index contributed by atoms with van der Waals surface area (Å²) in [5.41, 5.74) is 6.39. The van der Waals surface area contributed by atoms with Crippen molar-refractivity contribution in [1.82, 2.24) is 15.5 Å². The monoisotopic (exact) mass is 335 g/mol. The van der Waals surface area contributed by atoms with Gasteiger partial charge in [0.25, 0.3) is 0 Å². The average Bonchev–Trinajstić information content (AvgIpc) is 2.99. The van der Waals surface area contributed by atoms with Crippen LogP contribution in [0, 0.1) is 5.92 Å². The van der Waals surface area contributed by atoms with Crippen LogP contribution in [0.5, 0.6) is 0 Å². The Bertz CT molecular complexity index is 622. The molecule has 0 aromatic rings. The number of hydrogen-bond acceptors (Lipinski definition) is 7. The molecular weight excluding hydrogens is 310 g/mol. The molecular formula is C16H25N5O3. The second-order valence-corrected chi connectivity index (χ2v) is 7.45. The Morgan fingerprint density at radius 1 is 1.38 bits per heavy atom. The van der Waals surface area contributed by atoms with Gasteiger partial charge in [0.2, 0.25) is 5.91 Å². The lowest BCUT2D eigenvalue weighted by Gasteiger charge is -2.38. The molecule has 1 amide bonds. The number of carbonyl (C=O) groups excluding carboxylic acids is 1. The van der Waals surface area contributed by atoms with Gasteiger partial charge in [-0.05, 0) is 26.3 Å². The maximum atomic E-state index is 12.4. The van der Waals surface area contributed by atoms with Gasteiger partial charge in [0.15, 0.2) is 5.96 Å². The van der Waals surface area contributed by atoms with Gasteiger partial charge in [0.1, 0.15) is 18.2 Å². The Kier molecular flexibility index (Phi) is 4.15. The van der Waals surface area contributed by atoms with Crippen molar-refractivity contribution < 1.29 is 15.0 Å². The fourth-order valence-corrected chi connectivity index (χ4v) is 3.35. The SMILES string of the molecule is CC(C)(C)N1C=C(CNC2C=CC(O)C2O)C2C(=O)NC(N)=NC21. The molecule has 0 radical (unpaired) electrons. The second-order valence-electron chi connectivity index (χ2n) is 7.45. The zero-order chi connectivity index (χ0) is 17.6. The maximum absolute atomic E-state index is 12.4. The van der Waals surface area contributed by atoms with E-state index in [-0.39, 0.29) is 29.6 Å². The number of nitrogens with zero attached hydrogens (tertiary/aromatic N) is 2. The number of carbonyl (C=O) groups is 1. The Morgan fingerprint density at radius 3 is 2.67 bits per heavy atom. The van der Waals surface area contributed by atoms with Crippen LogP contribution in [0.4, 0.5) is 0 Å². The highest BCUT2D eigenvalue weighted by molar-refractivity contribution is 6.01. The average molecular weight is 335 g/mol. The number of rotatable bonds is 3. The summed E-state index contributed by atoms with van der Waals surface area (Å²) in [6.45, 7) is 6.56. The number of hydrogen-bond donors (Lipinski definition) is 5. The highest BCUT2D eigenvalue weighted by Gasteiger charge is 2.46. The van der Waals surface area contributed by atoms with Gasteiger partial charge < -0.3 is 26.2 Å². The van der Waals surface area contributed by atoms with Crippen LogP contribution in [-0.4, -0.2) is 63.5 Å². The molecule has 132 valence electrons. The molecule has 0 saturated carbocycles. The summed E-state index contributed by atoms with van der Waals surface area (Å²) in [6.07, 6.45) is 3.15. The van der Waals surface area contributed by atoms with Gasteiger partial charge >= 0.3 is 0 Å². The minimum atomic E-state index is -0.879. The van der Waals surface area contributed by atoms with Crippen molar-refractivity contribution >= 4 is 11.9 Å². The summed E-state index contributed by atoms with van der Waals surface area (Å²) in [6, 6.07) is -0.344. The summed E-state index contributed by atoms with van der Waals surface area (Å²) in [5, 5.41) is 25.3. The molecule has 24 heavy (non-hydrogen) atoms. The zero-order valence-electron chi connectivity index (χ0n) is 14.1. The summed E-state index contributed by atoms with van der Waals surface area (Å²) >= 11 is 0. The lowest BCUT2D eigenvalue weighted by Crippen LogP contribution is -2.54. The molecule has 1 aliphatic carbocycles. The van der Waals surface area contributed by atoms with Crippen LogP contribution >= 0.6 is 0 Å². The molecule has 8 heteroatoms. The molecule has 5 atom stereocenters. The first-order valence-electron chi connectivity index (χ1n) is 8.09. The largest absolute Gasteiger partial charge is 0.388 e. The Hall–Kier alpha value is -1.90. The van der Waals surface area contributed by atoms with Gasteiger partial charge in [0, 0.05) is 18.3 Å². The zero-order valence-corrected chi connectivity index (χ0v) is 14.1. The van der Waals surface area contributed by atoms with E-state index < -0.39 is 18.1 Å². The van der Waals surface area contributed by atoms with E-state index in [1.807, 2.05) is 11.1 Å². The van der Waals surface area contributed by atoms with Gasteiger partial charge in [0.05, 0.1) is 12.1 Å². The van der Waals surface area contributed by atoms with E-state index in [9.17, 15) is 15.0 Å². The highest BCUT2D eigenvalue weighted by atomic mass is 16.3. The summed E-state index contributed by atoms with van der Waals surface area (Å²) in [7, 11) is 0. The normalized spacial score (nSPS) is 35.6. The van der Waals surface area contributed by atoms with Gasteiger partial charge in [-0.25, -0.2) is 4.99 Å². The van der Waals surface area contributed by atoms with Crippen LogP contribution in [0.2, 0.25) is 0 Å². The van der Waals surface area contributed by atoms with Gasteiger partial charge in [-0.2, -0.15) is 0 Å². The molecule has 0 bridgehead atoms. The first-order chi connectivity index (χ1) is 11.2. The Labute approximate surface area is 141 Å². The number of aliphatic imine (C=N–C) groups is 1. The molecule has 0 saturated heterocycles. The van der Waals surface area contributed by atoms with E-state index in [0.29, 0.717) is 6.54 Å². The minimum absolute atomic E-state index is 0.135. The molecule has 5 unspecified atom stereocenters. The molecule has 6 N–H and O–H groups in total. The lowest BCUT2D eigenvalue weighted by molar-refractivity contribution is -0.124. The van der Waals surface area contributed by atoms with Gasteiger partial charge in [-0.3, -0.25) is 10.1 Å². The van der Waals surface area contributed by atoms with Gasteiger partial charge in [-0.1, -0.05) is 12.2 Å². The smallest absolute Gasteiger partial charge is 0.238 e. The number of guanidine groups is 1. The second kappa shape index (κ2) is 5.87. The molecule has 0 fully saturated rings.